The molecule has 130 valence electrons. The molecule has 2 N–H and O–H groups in total. The highest BCUT2D eigenvalue weighted by molar-refractivity contribution is 7.15. The molecule has 0 radical (unpaired) electrons. The SMILES string of the molecule is Cc1ccc(-c2cn3c(=O)/c(=C/c4cc(O)c(O)c(F)c4)sc3n2)cc1. The minimum Gasteiger partial charge on any atom is -0.504 e. The van der Waals surface area contributed by atoms with E-state index in [1.807, 2.05) is 31.2 Å². The standard InChI is InChI=1S/C19H13FN2O3S/c1-10-2-4-12(5-3-10)14-9-22-18(25)16(26-19(22)21-14)8-11-6-13(20)17(24)15(23)7-11/h2-9,23-24H,1H3/b16-8-. The van der Waals surface area contributed by atoms with Crippen molar-refractivity contribution < 1.29 is 14.6 Å². The van der Waals surface area contributed by atoms with Crippen LogP contribution in [0.5, 0.6) is 11.5 Å². The number of aromatic nitrogens is 2. The number of hydrogen-bond donors (Lipinski definition) is 2. The van der Waals surface area contributed by atoms with Gasteiger partial charge in [0.2, 0.25) is 0 Å². The average molecular weight is 368 g/mol. The molecule has 5 nitrogen and oxygen atoms in total. The van der Waals surface area contributed by atoms with Gasteiger partial charge in [-0.25, -0.2) is 9.37 Å². The van der Waals surface area contributed by atoms with Crippen LogP contribution in [0.1, 0.15) is 11.1 Å². The molecule has 0 fully saturated rings. The van der Waals surface area contributed by atoms with Crippen molar-refractivity contribution in [3.63, 3.8) is 0 Å². The Morgan fingerprint density at radius 3 is 2.58 bits per heavy atom. The molecular formula is C19H13FN2O3S. The number of benzene rings is 2. The minimum absolute atomic E-state index is 0.274. The molecule has 4 aromatic rings. The van der Waals surface area contributed by atoms with Gasteiger partial charge in [0.15, 0.2) is 22.3 Å². The molecule has 0 aliphatic heterocycles. The fraction of sp³-hybridized carbons (Fsp3) is 0.0526. The molecule has 0 saturated heterocycles. The van der Waals surface area contributed by atoms with Crippen molar-refractivity contribution in [2.24, 2.45) is 0 Å². The maximum absolute atomic E-state index is 13.5. The van der Waals surface area contributed by atoms with Crippen LogP contribution in [0.3, 0.4) is 0 Å². The lowest BCUT2D eigenvalue weighted by molar-refractivity contribution is 0.379. The summed E-state index contributed by atoms with van der Waals surface area (Å²) in [5.74, 6) is -2.34. The highest BCUT2D eigenvalue weighted by Gasteiger charge is 2.11. The number of rotatable bonds is 2. The van der Waals surface area contributed by atoms with Crippen molar-refractivity contribution in [2.75, 3.05) is 0 Å². The molecule has 7 heteroatoms. The molecule has 0 saturated carbocycles. The van der Waals surface area contributed by atoms with Gasteiger partial charge in [-0.3, -0.25) is 9.20 Å². The van der Waals surface area contributed by atoms with Gasteiger partial charge in [-0.1, -0.05) is 41.2 Å². The predicted molar refractivity (Wildman–Crippen MR) is 98.0 cm³/mol. The Morgan fingerprint density at radius 1 is 1.19 bits per heavy atom. The van der Waals surface area contributed by atoms with Crippen LogP contribution in [0.15, 0.2) is 47.4 Å². The fourth-order valence-corrected chi connectivity index (χ4v) is 3.59. The lowest BCUT2D eigenvalue weighted by Gasteiger charge is -2.00. The zero-order chi connectivity index (χ0) is 18.4. The van der Waals surface area contributed by atoms with E-state index in [4.69, 9.17) is 0 Å². The van der Waals surface area contributed by atoms with Crippen molar-refractivity contribution in [1.82, 2.24) is 9.38 Å². The number of hydrogen-bond acceptors (Lipinski definition) is 5. The first-order chi connectivity index (χ1) is 12.4. The number of thiazole rings is 1. The Hall–Kier alpha value is -3.19. The van der Waals surface area contributed by atoms with Crippen LogP contribution >= 0.6 is 11.3 Å². The van der Waals surface area contributed by atoms with Gasteiger partial charge in [0.25, 0.3) is 5.56 Å². The molecular weight excluding hydrogens is 355 g/mol. The van der Waals surface area contributed by atoms with Gasteiger partial charge < -0.3 is 10.2 Å². The highest BCUT2D eigenvalue weighted by atomic mass is 32.1. The second kappa shape index (κ2) is 5.96. The lowest BCUT2D eigenvalue weighted by atomic mass is 10.1. The van der Waals surface area contributed by atoms with E-state index >= 15 is 0 Å². The molecule has 2 aromatic carbocycles. The summed E-state index contributed by atoms with van der Waals surface area (Å²) in [5, 5.41) is 18.8. The number of halogens is 1. The Kier molecular flexibility index (Phi) is 3.73. The minimum atomic E-state index is -0.952. The van der Waals surface area contributed by atoms with Crippen molar-refractivity contribution in [2.45, 2.75) is 6.92 Å². The summed E-state index contributed by atoms with van der Waals surface area (Å²) in [4.78, 5) is 17.6. The van der Waals surface area contributed by atoms with Crippen LogP contribution in [0.25, 0.3) is 22.3 Å². The van der Waals surface area contributed by atoms with E-state index in [0.717, 1.165) is 17.2 Å². The van der Waals surface area contributed by atoms with E-state index < -0.39 is 17.3 Å². The normalized spacial score (nSPS) is 12.2. The molecule has 0 aliphatic carbocycles. The van der Waals surface area contributed by atoms with Crippen molar-refractivity contribution >= 4 is 22.4 Å². The van der Waals surface area contributed by atoms with Gasteiger partial charge in [-0.2, -0.15) is 0 Å². The van der Waals surface area contributed by atoms with Crippen LogP contribution in [0, 0.1) is 12.7 Å². The monoisotopic (exact) mass is 368 g/mol. The van der Waals surface area contributed by atoms with Crippen LogP contribution in [-0.4, -0.2) is 19.6 Å². The lowest BCUT2D eigenvalue weighted by Crippen LogP contribution is -2.22. The third-order valence-electron chi connectivity index (χ3n) is 4.02. The Bertz CT molecular complexity index is 1220. The second-order valence-corrected chi connectivity index (χ2v) is 6.94. The summed E-state index contributed by atoms with van der Waals surface area (Å²) in [5.41, 5.74) is 2.76. The van der Waals surface area contributed by atoms with Crippen LogP contribution in [0.4, 0.5) is 4.39 Å². The molecule has 0 unspecified atom stereocenters. The van der Waals surface area contributed by atoms with Crippen molar-refractivity contribution in [1.29, 1.82) is 0 Å². The quantitative estimate of drug-likeness (QED) is 0.534. The van der Waals surface area contributed by atoms with E-state index in [-0.39, 0.29) is 11.1 Å². The van der Waals surface area contributed by atoms with Crippen LogP contribution in [-0.2, 0) is 0 Å². The van der Waals surface area contributed by atoms with Gasteiger partial charge >= 0.3 is 0 Å². The maximum Gasteiger partial charge on any atom is 0.274 e. The van der Waals surface area contributed by atoms with Crippen molar-refractivity contribution in [3.8, 4) is 22.8 Å². The Labute approximate surface area is 150 Å². The van der Waals surface area contributed by atoms with E-state index in [1.54, 1.807) is 6.20 Å². The third kappa shape index (κ3) is 2.72. The van der Waals surface area contributed by atoms with Gasteiger partial charge in [0.05, 0.1) is 10.2 Å². The number of phenols is 2. The first-order valence-electron chi connectivity index (χ1n) is 7.74. The largest absolute Gasteiger partial charge is 0.504 e. The number of aromatic hydroxyl groups is 2. The van der Waals surface area contributed by atoms with E-state index in [2.05, 4.69) is 4.98 Å². The molecule has 26 heavy (non-hydrogen) atoms. The van der Waals surface area contributed by atoms with E-state index in [0.29, 0.717) is 15.2 Å². The van der Waals surface area contributed by atoms with Gasteiger partial charge in [-0.15, -0.1) is 0 Å². The summed E-state index contributed by atoms with van der Waals surface area (Å²) in [6, 6.07) is 10.1. The third-order valence-corrected chi connectivity index (χ3v) is 5.00. The average Bonchev–Trinajstić information content (AvgIpc) is 3.13. The maximum atomic E-state index is 13.5. The molecule has 4 rings (SSSR count). The summed E-state index contributed by atoms with van der Waals surface area (Å²) in [6.45, 7) is 2.00. The van der Waals surface area contributed by atoms with E-state index in [1.165, 1.54) is 27.9 Å². The van der Waals surface area contributed by atoms with E-state index in [9.17, 15) is 19.4 Å². The molecule has 0 atom stereocenters. The van der Waals surface area contributed by atoms with Gasteiger partial charge in [0.1, 0.15) is 0 Å². The summed E-state index contributed by atoms with van der Waals surface area (Å²) >= 11 is 1.17. The molecule has 2 aromatic heterocycles. The number of imidazole rings is 1. The molecule has 0 amide bonds. The molecule has 2 heterocycles. The first kappa shape index (κ1) is 16.3. The summed E-state index contributed by atoms with van der Waals surface area (Å²) in [6.07, 6.45) is 3.13. The number of nitrogens with zero attached hydrogens (tertiary/aromatic N) is 2. The zero-order valence-corrected chi connectivity index (χ0v) is 14.4. The van der Waals surface area contributed by atoms with Crippen LogP contribution < -0.4 is 10.1 Å². The molecule has 0 bridgehead atoms. The van der Waals surface area contributed by atoms with Gasteiger partial charge in [0, 0.05) is 11.8 Å². The first-order valence-corrected chi connectivity index (χ1v) is 8.56. The fourth-order valence-electron chi connectivity index (χ4n) is 2.64. The summed E-state index contributed by atoms with van der Waals surface area (Å²) < 4.78 is 15.3. The highest BCUT2D eigenvalue weighted by Crippen LogP contribution is 2.29. The number of phenolic OH excluding ortho intramolecular Hbond substituents is 2. The number of fused-ring (bicyclic) bond motifs is 1. The van der Waals surface area contributed by atoms with Crippen LogP contribution in [0.2, 0.25) is 0 Å². The smallest absolute Gasteiger partial charge is 0.274 e. The molecule has 0 spiro atoms. The zero-order valence-electron chi connectivity index (χ0n) is 13.6. The predicted octanol–water partition coefficient (Wildman–Crippen LogP) is 2.83. The summed E-state index contributed by atoms with van der Waals surface area (Å²) in [7, 11) is 0. The number of aryl methyl sites for hydroxylation is 1. The van der Waals surface area contributed by atoms with Crippen molar-refractivity contribution in [3.05, 3.63) is 74.4 Å². The topological polar surface area (TPSA) is 74.8 Å². The Balaban J connectivity index is 1.81. The second-order valence-electron chi connectivity index (χ2n) is 5.93. The van der Waals surface area contributed by atoms with Gasteiger partial charge in [-0.05, 0) is 30.7 Å². The Morgan fingerprint density at radius 2 is 1.92 bits per heavy atom. The molecule has 0 aliphatic rings.